The number of benzene rings is 1. The van der Waals surface area contributed by atoms with Crippen molar-refractivity contribution in [2.45, 2.75) is 57.5 Å². The normalized spacial score (nSPS) is 32.7. The molecule has 25 heavy (non-hydrogen) atoms. The summed E-state index contributed by atoms with van der Waals surface area (Å²) in [5.74, 6) is 0.911. The third-order valence-electron chi connectivity index (χ3n) is 6.44. The number of carbonyl (C=O) groups excluding carboxylic acids is 1. The lowest BCUT2D eigenvalue weighted by atomic mass is 9.69. The van der Waals surface area contributed by atoms with Crippen LogP contribution in [0.5, 0.6) is 0 Å². The van der Waals surface area contributed by atoms with Crippen molar-refractivity contribution in [3.8, 4) is 0 Å². The molecule has 0 unspecified atom stereocenters. The molecule has 0 radical (unpaired) electrons. The Balaban J connectivity index is 0.00000182. The monoisotopic (exact) mass is 381 g/mol. The van der Waals surface area contributed by atoms with E-state index >= 15 is 0 Å². The molecule has 1 amide bonds. The summed E-state index contributed by atoms with van der Waals surface area (Å²) in [6.45, 7) is 5.71. The minimum Gasteiger partial charge on any atom is -0.390 e. The van der Waals surface area contributed by atoms with E-state index in [1.54, 1.807) is 0 Å². The summed E-state index contributed by atoms with van der Waals surface area (Å²) in [5.41, 5.74) is 2.26. The molecule has 1 aromatic rings. The van der Waals surface area contributed by atoms with Crippen LogP contribution in [0.2, 0.25) is 5.02 Å². The highest BCUT2D eigenvalue weighted by Crippen LogP contribution is 2.53. The fourth-order valence-corrected chi connectivity index (χ4v) is 5.17. The minimum atomic E-state index is -0.617. The second-order valence-corrected chi connectivity index (χ2v) is 9.15. The topological polar surface area (TPSA) is 40.5 Å². The molecule has 1 aliphatic heterocycles. The van der Waals surface area contributed by atoms with Crippen LogP contribution in [0.4, 0.5) is 0 Å². The Labute approximate surface area is 162 Å². The first-order valence-corrected chi connectivity index (χ1v) is 9.42. The van der Waals surface area contributed by atoms with Gasteiger partial charge in [0.25, 0.3) is 0 Å². The summed E-state index contributed by atoms with van der Waals surface area (Å²) in [4.78, 5) is 14.5. The van der Waals surface area contributed by atoms with Gasteiger partial charge in [0.1, 0.15) is 0 Å². The summed E-state index contributed by atoms with van der Waals surface area (Å²) in [5, 5.41) is 10.7. The van der Waals surface area contributed by atoms with Crippen molar-refractivity contribution in [1.29, 1.82) is 0 Å². The zero-order valence-electron chi connectivity index (χ0n) is 15.0. The molecule has 0 bridgehead atoms. The smallest absolute Gasteiger partial charge is 0.225 e. The van der Waals surface area contributed by atoms with Gasteiger partial charge in [-0.1, -0.05) is 23.7 Å². The minimum absolute atomic E-state index is 0. The van der Waals surface area contributed by atoms with Crippen molar-refractivity contribution in [3.63, 3.8) is 0 Å². The van der Waals surface area contributed by atoms with Gasteiger partial charge in [0, 0.05) is 29.4 Å². The van der Waals surface area contributed by atoms with Gasteiger partial charge in [-0.25, -0.2) is 0 Å². The van der Waals surface area contributed by atoms with Crippen LogP contribution < -0.4 is 0 Å². The van der Waals surface area contributed by atoms with Crippen LogP contribution in [0.1, 0.15) is 56.1 Å². The Hall–Kier alpha value is -0.710. The summed E-state index contributed by atoms with van der Waals surface area (Å²) < 4.78 is 0. The van der Waals surface area contributed by atoms with Gasteiger partial charge in [-0.05, 0) is 69.1 Å². The Morgan fingerprint density at radius 1 is 1.28 bits per heavy atom. The third kappa shape index (κ3) is 3.45. The standard InChI is InChI=1S/C20H26ClNO2.H2S/c1-13-7-14(3-4-17(13)21)15-5-6-20(10-15)11-22(12-20)18(23)16-8-19(2,24)9-16;/h3-4,7,15-16,24H,5-6,8-12H2,1-2H3;1H2/t15-,16?,19?;/m0./s1. The van der Waals surface area contributed by atoms with E-state index < -0.39 is 5.60 Å². The molecule has 1 atom stereocenters. The van der Waals surface area contributed by atoms with Gasteiger partial charge in [-0.3, -0.25) is 4.79 Å². The van der Waals surface area contributed by atoms with Gasteiger partial charge in [0.2, 0.25) is 5.91 Å². The fourth-order valence-electron chi connectivity index (χ4n) is 5.05. The molecule has 2 saturated carbocycles. The number of rotatable bonds is 2. The lowest BCUT2D eigenvalue weighted by Gasteiger charge is -2.52. The third-order valence-corrected chi connectivity index (χ3v) is 6.87. The molecule has 4 rings (SSSR count). The zero-order valence-corrected chi connectivity index (χ0v) is 16.8. The van der Waals surface area contributed by atoms with Gasteiger partial charge in [0.05, 0.1) is 5.60 Å². The van der Waals surface area contributed by atoms with E-state index in [0.29, 0.717) is 24.2 Å². The summed E-state index contributed by atoms with van der Waals surface area (Å²) in [6.07, 6.45) is 4.86. The molecular formula is C20H28ClNO2S. The van der Waals surface area contributed by atoms with E-state index in [0.717, 1.165) is 23.7 Å². The largest absolute Gasteiger partial charge is 0.390 e. The number of nitrogens with zero attached hydrogens (tertiary/aromatic N) is 1. The molecule has 5 heteroatoms. The number of aliphatic hydroxyl groups is 1. The predicted octanol–water partition coefficient (Wildman–Crippen LogP) is 4.02. The average molecular weight is 382 g/mol. The summed E-state index contributed by atoms with van der Waals surface area (Å²) in [7, 11) is 0. The number of carbonyl (C=O) groups is 1. The molecule has 1 N–H and O–H groups in total. The maximum atomic E-state index is 12.5. The highest BCUT2D eigenvalue weighted by molar-refractivity contribution is 7.59. The molecule has 2 aliphatic carbocycles. The Kier molecular flexibility index (Phi) is 4.93. The molecule has 3 nitrogen and oxygen atoms in total. The van der Waals surface area contributed by atoms with E-state index in [1.807, 2.05) is 17.9 Å². The molecule has 138 valence electrons. The number of hydrogen-bond acceptors (Lipinski definition) is 2. The molecule has 1 heterocycles. The quantitative estimate of drug-likeness (QED) is 0.840. The molecule has 3 fully saturated rings. The van der Waals surface area contributed by atoms with Crippen molar-refractivity contribution in [1.82, 2.24) is 4.90 Å². The number of halogens is 1. The fraction of sp³-hybridized carbons (Fsp3) is 0.650. The van der Waals surface area contributed by atoms with Crippen LogP contribution in [-0.4, -0.2) is 34.6 Å². The second kappa shape index (κ2) is 6.47. The van der Waals surface area contributed by atoms with Crippen LogP contribution in [0.15, 0.2) is 18.2 Å². The first kappa shape index (κ1) is 19.1. The predicted molar refractivity (Wildman–Crippen MR) is 106 cm³/mol. The van der Waals surface area contributed by atoms with Crippen molar-refractivity contribution in [2.75, 3.05) is 13.1 Å². The molecule has 0 aromatic heterocycles. The Bertz CT molecular complexity index is 676. The van der Waals surface area contributed by atoms with Gasteiger partial charge < -0.3 is 10.0 Å². The SMILES string of the molecule is Cc1cc([C@H]2CCC3(C2)CN(C(=O)C2CC(C)(O)C2)C3)ccc1Cl.S. The Morgan fingerprint density at radius 2 is 1.96 bits per heavy atom. The molecule has 1 saturated heterocycles. The van der Waals surface area contributed by atoms with E-state index in [9.17, 15) is 9.90 Å². The van der Waals surface area contributed by atoms with Gasteiger partial charge in [-0.15, -0.1) is 0 Å². The highest BCUT2D eigenvalue weighted by Gasteiger charge is 2.53. The van der Waals surface area contributed by atoms with E-state index in [2.05, 4.69) is 19.1 Å². The number of likely N-dealkylation sites (tertiary alicyclic amines) is 1. The van der Waals surface area contributed by atoms with Crippen LogP contribution in [0.3, 0.4) is 0 Å². The van der Waals surface area contributed by atoms with Crippen molar-refractivity contribution >= 4 is 31.0 Å². The van der Waals surface area contributed by atoms with Crippen molar-refractivity contribution < 1.29 is 9.90 Å². The van der Waals surface area contributed by atoms with Crippen molar-refractivity contribution in [3.05, 3.63) is 34.3 Å². The number of amides is 1. The van der Waals surface area contributed by atoms with Crippen molar-refractivity contribution in [2.24, 2.45) is 11.3 Å². The molecule has 3 aliphatic rings. The first-order chi connectivity index (χ1) is 11.3. The zero-order chi connectivity index (χ0) is 17.1. The van der Waals surface area contributed by atoms with Crippen LogP contribution in [0.25, 0.3) is 0 Å². The first-order valence-electron chi connectivity index (χ1n) is 9.04. The van der Waals surface area contributed by atoms with E-state index in [-0.39, 0.29) is 25.3 Å². The lowest BCUT2D eigenvalue weighted by Crippen LogP contribution is -2.61. The molecule has 1 aromatic carbocycles. The average Bonchev–Trinajstić information content (AvgIpc) is 2.91. The lowest BCUT2D eigenvalue weighted by molar-refractivity contribution is -0.161. The van der Waals surface area contributed by atoms with Gasteiger partial charge >= 0.3 is 0 Å². The highest BCUT2D eigenvalue weighted by atomic mass is 35.5. The summed E-state index contributed by atoms with van der Waals surface area (Å²) in [6, 6.07) is 6.40. The van der Waals surface area contributed by atoms with Gasteiger partial charge in [0.15, 0.2) is 0 Å². The Morgan fingerprint density at radius 3 is 2.56 bits per heavy atom. The van der Waals surface area contributed by atoms with E-state index in [4.69, 9.17) is 11.6 Å². The summed E-state index contributed by atoms with van der Waals surface area (Å²) >= 11 is 6.14. The van der Waals surface area contributed by atoms with Gasteiger partial charge in [-0.2, -0.15) is 13.5 Å². The van der Waals surface area contributed by atoms with Crippen LogP contribution in [0, 0.1) is 18.3 Å². The molecular weight excluding hydrogens is 354 g/mol. The van der Waals surface area contributed by atoms with Crippen LogP contribution >= 0.6 is 25.1 Å². The maximum absolute atomic E-state index is 12.5. The number of aryl methyl sites for hydroxylation is 1. The second-order valence-electron chi connectivity index (χ2n) is 8.74. The van der Waals surface area contributed by atoms with E-state index in [1.165, 1.54) is 24.8 Å². The maximum Gasteiger partial charge on any atom is 0.225 e. The van der Waals surface area contributed by atoms with Crippen LogP contribution in [-0.2, 0) is 4.79 Å². The molecule has 1 spiro atoms. The number of hydrogen-bond donors (Lipinski definition) is 1.